The van der Waals surface area contributed by atoms with Crippen LogP contribution in [0.15, 0.2) is 6.33 Å². The summed E-state index contributed by atoms with van der Waals surface area (Å²) in [6.45, 7) is -0.299. The molecule has 0 saturated heterocycles. The summed E-state index contributed by atoms with van der Waals surface area (Å²) >= 11 is 0. The Morgan fingerprint density at radius 1 is 1.70 bits per heavy atom. The molecule has 0 N–H and O–H groups in total. The van der Waals surface area contributed by atoms with Gasteiger partial charge in [0.25, 0.3) is 0 Å². The average molecular weight is 166 g/mol. The van der Waals surface area contributed by atoms with E-state index in [-0.39, 0.29) is 57.9 Å². The van der Waals surface area contributed by atoms with Crippen LogP contribution < -0.4 is 56.5 Å². The van der Waals surface area contributed by atoms with Gasteiger partial charge in [0.2, 0.25) is 0 Å². The van der Waals surface area contributed by atoms with E-state index >= 15 is 0 Å². The maximum Gasteiger partial charge on any atom is 1.00 e. The first kappa shape index (κ1) is 10.2. The number of aromatic nitrogens is 4. The van der Waals surface area contributed by atoms with Crippen LogP contribution in [-0.2, 0) is 11.3 Å². The molecule has 1 heterocycles. The Morgan fingerprint density at radius 3 is 2.80 bits per heavy atom. The van der Waals surface area contributed by atoms with Crippen molar-refractivity contribution < 1.29 is 61.3 Å². The maximum absolute atomic E-state index is 9.84. The average Bonchev–Trinajstić information content (AvgIpc) is 2.15. The van der Waals surface area contributed by atoms with E-state index in [4.69, 9.17) is 0 Å². The van der Waals surface area contributed by atoms with Gasteiger partial charge in [0.05, 0.1) is 12.5 Å². The number of nitrogens with zero attached hydrogens (tertiary/aromatic N) is 4. The van der Waals surface area contributed by atoms with Crippen molar-refractivity contribution in [2.24, 2.45) is 0 Å². The second kappa shape index (κ2) is 4.91. The van der Waals surface area contributed by atoms with Crippen LogP contribution in [0.5, 0.6) is 0 Å². The summed E-state index contributed by atoms with van der Waals surface area (Å²) in [5.74, 6) is -1.21. The van der Waals surface area contributed by atoms with Crippen LogP contribution in [0.3, 0.4) is 0 Å². The minimum Gasteiger partial charge on any atom is -0.548 e. The number of tetrazole rings is 1. The van der Waals surface area contributed by atoms with Gasteiger partial charge in [0.15, 0.2) is 0 Å². The zero-order valence-corrected chi connectivity index (χ0v) is 8.51. The zero-order chi connectivity index (χ0) is 6.69. The SMILES string of the molecule is O=C([O-])Cn1cnnn1.[K+]. The molecule has 10 heavy (non-hydrogen) atoms. The predicted octanol–water partition coefficient (Wildman–Crippen LogP) is -5.57. The largest absolute Gasteiger partial charge is 1.00 e. The van der Waals surface area contributed by atoms with Gasteiger partial charge in [-0.15, -0.1) is 5.10 Å². The van der Waals surface area contributed by atoms with Crippen molar-refractivity contribution in [2.75, 3.05) is 0 Å². The van der Waals surface area contributed by atoms with Gasteiger partial charge in [-0.05, 0) is 10.4 Å². The van der Waals surface area contributed by atoms with E-state index in [9.17, 15) is 9.90 Å². The number of aliphatic carboxylic acids is 1. The predicted molar refractivity (Wildman–Crippen MR) is 22.8 cm³/mol. The molecule has 1 aromatic heterocycles. The van der Waals surface area contributed by atoms with Gasteiger partial charge in [0, 0.05) is 0 Å². The van der Waals surface area contributed by atoms with Gasteiger partial charge in [-0.3, -0.25) is 0 Å². The van der Waals surface area contributed by atoms with E-state index in [2.05, 4.69) is 15.5 Å². The van der Waals surface area contributed by atoms with Crippen LogP contribution in [-0.4, -0.2) is 26.2 Å². The van der Waals surface area contributed by atoms with Gasteiger partial charge in [-0.25, -0.2) is 4.68 Å². The van der Waals surface area contributed by atoms with E-state index in [0.717, 1.165) is 4.68 Å². The molecule has 0 radical (unpaired) electrons. The number of rotatable bonds is 2. The molecule has 0 aliphatic heterocycles. The number of carboxylic acids is 1. The summed E-state index contributed by atoms with van der Waals surface area (Å²) in [5, 5.41) is 19.6. The Kier molecular flexibility index (Phi) is 5.00. The van der Waals surface area contributed by atoms with Crippen LogP contribution in [0, 0.1) is 0 Å². The second-order valence-electron chi connectivity index (χ2n) is 1.38. The van der Waals surface area contributed by atoms with Crippen LogP contribution >= 0.6 is 0 Å². The summed E-state index contributed by atoms with van der Waals surface area (Å²) in [4.78, 5) is 9.84. The van der Waals surface area contributed by atoms with E-state index in [0.29, 0.717) is 0 Å². The molecule has 0 saturated carbocycles. The van der Waals surface area contributed by atoms with Crippen molar-refractivity contribution in [3.8, 4) is 0 Å². The summed E-state index contributed by atoms with van der Waals surface area (Å²) in [7, 11) is 0. The van der Waals surface area contributed by atoms with E-state index in [1.807, 2.05) is 0 Å². The van der Waals surface area contributed by atoms with Crippen molar-refractivity contribution >= 4 is 5.97 Å². The minimum atomic E-state index is -1.21. The Hall–Kier alpha value is 0.176. The van der Waals surface area contributed by atoms with Crippen molar-refractivity contribution in [3.05, 3.63) is 6.33 Å². The molecule has 0 spiro atoms. The topological polar surface area (TPSA) is 83.7 Å². The Morgan fingerprint density at radius 2 is 2.40 bits per heavy atom. The Bertz CT molecular complexity index is 198. The molecule has 6 nitrogen and oxygen atoms in total. The van der Waals surface area contributed by atoms with Gasteiger partial charge in [-0.1, -0.05) is 0 Å². The molecule has 48 valence electrons. The third-order valence-corrected chi connectivity index (χ3v) is 0.683. The quantitative estimate of drug-likeness (QED) is 0.409. The monoisotopic (exact) mass is 166 g/mol. The molecule has 1 rings (SSSR count). The molecule has 0 unspecified atom stereocenters. The van der Waals surface area contributed by atoms with Crippen molar-refractivity contribution in [1.82, 2.24) is 20.2 Å². The second-order valence-corrected chi connectivity index (χ2v) is 1.38. The molecule has 0 amide bonds. The standard InChI is InChI=1S/C3H4N4O2.K/c8-3(9)1-7-2-4-5-6-7;/h2H,1H2,(H,8,9);/q;+1/p-1. The number of carbonyl (C=O) groups excluding carboxylic acids is 1. The van der Waals surface area contributed by atoms with Gasteiger partial charge < -0.3 is 9.90 Å². The fourth-order valence-electron chi connectivity index (χ4n) is 0.385. The molecule has 0 aliphatic carbocycles. The van der Waals surface area contributed by atoms with Crippen LogP contribution in [0.1, 0.15) is 0 Å². The number of carboxylic acid groups (broad SMARTS) is 1. The van der Waals surface area contributed by atoms with Crippen molar-refractivity contribution in [1.29, 1.82) is 0 Å². The van der Waals surface area contributed by atoms with Gasteiger partial charge in [0.1, 0.15) is 6.33 Å². The summed E-state index contributed by atoms with van der Waals surface area (Å²) < 4.78 is 1.06. The first-order valence-electron chi connectivity index (χ1n) is 2.19. The minimum absolute atomic E-state index is 0. The van der Waals surface area contributed by atoms with Crippen LogP contribution in [0.25, 0.3) is 0 Å². The zero-order valence-electron chi connectivity index (χ0n) is 5.39. The van der Waals surface area contributed by atoms with E-state index in [1.165, 1.54) is 6.33 Å². The van der Waals surface area contributed by atoms with Gasteiger partial charge in [-0.2, -0.15) is 0 Å². The van der Waals surface area contributed by atoms with Crippen LogP contribution in [0.4, 0.5) is 0 Å². The Balaban J connectivity index is 0.000000810. The number of hydrogen-bond acceptors (Lipinski definition) is 5. The smallest absolute Gasteiger partial charge is 0.548 e. The van der Waals surface area contributed by atoms with Crippen molar-refractivity contribution in [3.63, 3.8) is 0 Å². The van der Waals surface area contributed by atoms with Crippen LogP contribution in [0.2, 0.25) is 0 Å². The third-order valence-electron chi connectivity index (χ3n) is 0.683. The maximum atomic E-state index is 9.84. The molecule has 1 aromatic rings. The Labute approximate surface area is 99.0 Å². The molecule has 0 aliphatic rings. The molecular weight excluding hydrogens is 163 g/mol. The molecule has 0 fully saturated rings. The fourth-order valence-corrected chi connectivity index (χ4v) is 0.385. The molecular formula is C3H3KN4O2. The first-order chi connectivity index (χ1) is 4.29. The fraction of sp³-hybridized carbons (Fsp3) is 0.333. The summed E-state index contributed by atoms with van der Waals surface area (Å²) in [6, 6.07) is 0. The normalized spacial score (nSPS) is 8.40. The number of carbonyl (C=O) groups is 1. The molecule has 7 heteroatoms. The van der Waals surface area contributed by atoms with Crippen molar-refractivity contribution in [2.45, 2.75) is 6.54 Å². The summed E-state index contributed by atoms with van der Waals surface area (Å²) in [6.07, 6.45) is 1.20. The molecule has 0 aromatic carbocycles. The number of hydrogen-bond donors (Lipinski definition) is 0. The summed E-state index contributed by atoms with van der Waals surface area (Å²) in [5.41, 5.74) is 0. The van der Waals surface area contributed by atoms with E-state index < -0.39 is 5.97 Å². The first-order valence-corrected chi connectivity index (χ1v) is 2.19. The third kappa shape index (κ3) is 3.37. The molecule has 0 bridgehead atoms. The molecule has 0 atom stereocenters. The van der Waals surface area contributed by atoms with Gasteiger partial charge >= 0.3 is 51.4 Å². The van der Waals surface area contributed by atoms with E-state index in [1.54, 1.807) is 0 Å².